The average Bonchev–Trinajstić information content (AvgIpc) is 2.24. The molecule has 0 spiro atoms. The molecule has 12 heavy (non-hydrogen) atoms. The van der Waals surface area contributed by atoms with Crippen LogP contribution in [0.15, 0.2) is 0 Å². The molecular formula is C5H10N2O4S. The van der Waals surface area contributed by atoms with Crippen LogP contribution >= 0.6 is 0 Å². The van der Waals surface area contributed by atoms with Crippen LogP contribution in [-0.2, 0) is 15.0 Å². The van der Waals surface area contributed by atoms with Gasteiger partial charge in [-0.2, -0.15) is 17.4 Å². The van der Waals surface area contributed by atoms with Crippen molar-refractivity contribution < 1.29 is 18.3 Å². The standard InChI is InChI=1S/C5H10N2O4S/c1-2-7-4(5(8)9)3-6-12(7,10)11/h4,6H,2-3H2,1H3,(H,8,9). The Labute approximate surface area is 70.4 Å². The average molecular weight is 194 g/mol. The van der Waals surface area contributed by atoms with Crippen LogP contribution < -0.4 is 4.72 Å². The van der Waals surface area contributed by atoms with E-state index in [9.17, 15) is 13.2 Å². The van der Waals surface area contributed by atoms with Gasteiger partial charge in [-0.3, -0.25) is 4.79 Å². The van der Waals surface area contributed by atoms with E-state index in [0.717, 1.165) is 4.31 Å². The van der Waals surface area contributed by atoms with Crippen LogP contribution in [0.25, 0.3) is 0 Å². The van der Waals surface area contributed by atoms with Gasteiger partial charge in [0.25, 0.3) is 10.2 Å². The summed E-state index contributed by atoms with van der Waals surface area (Å²) in [5.41, 5.74) is 0. The van der Waals surface area contributed by atoms with Crippen molar-refractivity contribution in [2.45, 2.75) is 13.0 Å². The Morgan fingerprint density at radius 2 is 2.33 bits per heavy atom. The van der Waals surface area contributed by atoms with Gasteiger partial charge >= 0.3 is 5.97 Å². The minimum Gasteiger partial charge on any atom is -0.480 e. The number of carboxylic acid groups (broad SMARTS) is 1. The van der Waals surface area contributed by atoms with Gasteiger partial charge in [-0.15, -0.1) is 0 Å². The number of hydrogen-bond donors (Lipinski definition) is 2. The van der Waals surface area contributed by atoms with E-state index in [-0.39, 0.29) is 13.1 Å². The highest BCUT2D eigenvalue weighted by molar-refractivity contribution is 7.87. The number of aliphatic carboxylic acids is 1. The molecule has 70 valence electrons. The summed E-state index contributed by atoms with van der Waals surface area (Å²) in [6.07, 6.45) is 0. The van der Waals surface area contributed by atoms with Gasteiger partial charge in [-0.05, 0) is 0 Å². The zero-order valence-electron chi connectivity index (χ0n) is 6.52. The number of rotatable bonds is 2. The second-order valence-corrected chi connectivity index (χ2v) is 4.12. The zero-order valence-corrected chi connectivity index (χ0v) is 7.34. The minimum absolute atomic E-state index is 0.0501. The van der Waals surface area contributed by atoms with E-state index in [1.54, 1.807) is 6.92 Å². The van der Waals surface area contributed by atoms with Crippen LogP contribution in [0, 0.1) is 0 Å². The first-order chi connectivity index (χ1) is 5.49. The van der Waals surface area contributed by atoms with Gasteiger partial charge < -0.3 is 5.11 Å². The molecule has 2 N–H and O–H groups in total. The molecular weight excluding hydrogens is 184 g/mol. The maximum absolute atomic E-state index is 11.1. The highest BCUT2D eigenvalue weighted by Crippen LogP contribution is 2.11. The summed E-state index contributed by atoms with van der Waals surface area (Å²) in [6, 6.07) is -0.958. The van der Waals surface area contributed by atoms with E-state index >= 15 is 0 Å². The lowest BCUT2D eigenvalue weighted by atomic mass is 10.3. The molecule has 1 aliphatic heterocycles. The van der Waals surface area contributed by atoms with Crippen LogP contribution in [0.2, 0.25) is 0 Å². The number of nitrogens with one attached hydrogen (secondary N) is 1. The van der Waals surface area contributed by atoms with E-state index in [4.69, 9.17) is 5.11 Å². The maximum Gasteiger partial charge on any atom is 0.323 e. The summed E-state index contributed by atoms with van der Waals surface area (Å²) >= 11 is 0. The fourth-order valence-corrected chi connectivity index (χ4v) is 2.51. The van der Waals surface area contributed by atoms with Crippen molar-refractivity contribution in [3.05, 3.63) is 0 Å². The molecule has 1 fully saturated rings. The lowest BCUT2D eigenvalue weighted by Gasteiger charge is -2.15. The van der Waals surface area contributed by atoms with Gasteiger partial charge in [0.1, 0.15) is 6.04 Å². The normalized spacial score (nSPS) is 28.9. The number of hydrogen-bond acceptors (Lipinski definition) is 3. The molecule has 1 atom stereocenters. The second-order valence-electron chi connectivity index (χ2n) is 2.41. The Balaban J connectivity index is 2.91. The maximum atomic E-state index is 11.1. The SMILES string of the molecule is CCN1C(C(=O)O)CNS1(=O)=O. The molecule has 6 nitrogen and oxygen atoms in total. The Hall–Kier alpha value is -0.660. The molecule has 0 aromatic heterocycles. The molecule has 0 bridgehead atoms. The summed E-state index contributed by atoms with van der Waals surface area (Å²) in [5.74, 6) is -1.12. The predicted molar refractivity (Wildman–Crippen MR) is 40.7 cm³/mol. The van der Waals surface area contributed by atoms with E-state index in [0.29, 0.717) is 0 Å². The molecule has 1 rings (SSSR count). The first-order valence-corrected chi connectivity index (χ1v) is 4.92. The molecule has 0 radical (unpaired) electrons. The van der Waals surface area contributed by atoms with E-state index in [1.165, 1.54) is 0 Å². The third kappa shape index (κ3) is 1.43. The van der Waals surface area contributed by atoms with Gasteiger partial charge in [0.2, 0.25) is 0 Å². The fourth-order valence-electron chi connectivity index (χ4n) is 1.14. The van der Waals surface area contributed by atoms with Crippen molar-refractivity contribution in [2.75, 3.05) is 13.1 Å². The zero-order chi connectivity index (χ0) is 9.35. The monoisotopic (exact) mass is 194 g/mol. The number of carboxylic acids is 1. The van der Waals surface area contributed by atoms with E-state index < -0.39 is 22.2 Å². The molecule has 0 aromatic rings. The molecule has 1 aliphatic rings. The van der Waals surface area contributed by atoms with Gasteiger partial charge in [-0.1, -0.05) is 6.92 Å². The topological polar surface area (TPSA) is 86.7 Å². The van der Waals surface area contributed by atoms with Gasteiger partial charge in [0.05, 0.1) is 0 Å². The van der Waals surface area contributed by atoms with Crippen LogP contribution in [0.3, 0.4) is 0 Å². The fraction of sp³-hybridized carbons (Fsp3) is 0.800. The number of nitrogens with zero attached hydrogens (tertiary/aromatic N) is 1. The van der Waals surface area contributed by atoms with E-state index in [1.807, 2.05) is 0 Å². The summed E-state index contributed by atoms with van der Waals surface area (Å²) in [6.45, 7) is 1.72. The minimum atomic E-state index is -3.53. The van der Waals surface area contributed by atoms with Crippen molar-refractivity contribution >= 4 is 16.2 Å². The van der Waals surface area contributed by atoms with E-state index in [2.05, 4.69) is 4.72 Å². The molecule has 1 saturated heterocycles. The largest absolute Gasteiger partial charge is 0.480 e. The lowest BCUT2D eigenvalue weighted by molar-refractivity contribution is -0.140. The first-order valence-electron chi connectivity index (χ1n) is 3.48. The molecule has 1 heterocycles. The summed E-state index contributed by atoms with van der Waals surface area (Å²) < 4.78 is 25.2. The van der Waals surface area contributed by atoms with Crippen molar-refractivity contribution in [1.82, 2.24) is 9.03 Å². The molecule has 1 unspecified atom stereocenters. The molecule has 0 aromatic carbocycles. The Morgan fingerprint density at radius 1 is 1.75 bits per heavy atom. The van der Waals surface area contributed by atoms with Crippen molar-refractivity contribution in [1.29, 1.82) is 0 Å². The van der Waals surface area contributed by atoms with Crippen LogP contribution in [0.5, 0.6) is 0 Å². The Bertz CT molecular complexity index is 286. The summed E-state index contributed by atoms with van der Waals surface area (Å²) in [7, 11) is -3.53. The van der Waals surface area contributed by atoms with Crippen molar-refractivity contribution in [3.63, 3.8) is 0 Å². The third-order valence-electron chi connectivity index (χ3n) is 1.71. The number of likely N-dealkylation sites (N-methyl/N-ethyl adjacent to an activating group) is 1. The summed E-state index contributed by atoms with van der Waals surface area (Å²) in [5, 5.41) is 8.60. The third-order valence-corrected chi connectivity index (χ3v) is 3.37. The van der Waals surface area contributed by atoms with Gasteiger partial charge in [0, 0.05) is 13.1 Å². The highest BCUT2D eigenvalue weighted by Gasteiger charge is 2.40. The predicted octanol–water partition coefficient (Wildman–Crippen LogP) is -1.39. The molecule has 0 saturated carbocycles. The van der Waals surface area contributed by atoms with Gasteiger partial charge in [-0.25, -0.2) is 0 Å². The summed E-state index contributed by atoms with van der Waals surface area (Å²) in [4.78, 5) is 10.5. The van der Waals surface area contributed by atoms with Crippen molar-refractivity contribution in [3.8, 4) is 0 Å². The number of carbonyl (C=O) groups is 1. The second kappa shape index (κ2) is 3.00. The Kier molecular flexibility index (Phi) is 2.36. The van der Waals surface area contributed by atoms with Crippen LogP contribution in [0.1, 0.15) is 6.92 Å². The molecule has 7 heteroatoms. The quantitative estimate of drug-likeness (QED) is 0.566. The van der Waals surface area contributed by atoms with Crippen molar-refractivity contribution in [2.24, 2.45) is 0 Å². The lowest BCUT2D eigenvalue weighted by Crippen LogP contribution is -2.39. The van der Waals surface area contributed by atoms with Gasteiger partial charge in [0.15, 0.2) is 0 Å². The molecule has 0 amide bonds. The smallest absolute Gasteiger partial charge is 0.323 e. The Morgan fingerprint density at radius 3 is 2.67 bits per heavy atom. The highest BCUT2D eigenvalue weighted by atomic mass is 32.2. The first kappa shape index (κ1) is 9.43. The molecule has 0 aliphatic carbocycles. The van der Waals surface area contributed by atoms with Crippen LogP contribution in [0.4, 0.5) is 0 Å². The van der Waals surface area contributed by atoms with Crippen LogP contribution in [-0.4, -0.2) is 42.9 Å².